The van der Waals surface area contributed by atoms with Gasteiger partial charge in [-0.3, -0.25) is 9.20 Å². The summed E-state index contributed by atoms with van der Waals surface area (Å²) in [6.45, 7) is 0. The van der Waals surface area contributed by atoms with Crippen LogP contribution in [0.3, 0.4) is 0 Å². The molecule has 4 rings (SSSR count). The molecule has 0 fully saturated rings. The van der Waals surface area contributed by atoms with Gasteiger partial charge in [-0.15, -0.1) is 0 Å². The lowest BCUT2D eigenvalue weighted by Crippen LogP contribution is -2.24. The van der Waals surface area contributed by atoms with Crippen LogP contribution in [0.4, 0.5) is 5.69 Å². The van der Waals surface area contributed by atoms with E-state index in [0.717, 1.165) is 11.8 Å². The summed E-state index contributed by atoms with van der Waals surface area (Å²) in [5.41, 5.74) is 2.70. The van der Waals surface area contributed by atoms with Crippen molar-refractivity contribution in [3.63, 3.8) is 0 Å². The number of benzene rings is 1. The molecule has 23 heavy (non-hydrogen) atoms. The number of aliphatic imine (C=N–C) groups is 1. The Bertz CT molecular complexity index is 958. The lowest BCUT2D eigenvalue weighted by Gasteiger charge is -2.18. The molecule has 6 nitrogen and oxygen atoms in total. The molecule has 3 heterocycles. The minimum absolute atomic E-state index is 0.196. The van der Waals surface area contributed by atoms with Crippen molar-refractivity contribution < 1.29 is 9.59 Å². The Morgan fingerprint density at radius 2 is 2.17 bits per heavy atom. The molecule has 1 aromatic carbocycles. The Morgan fingerprint density at radius 3 is 3.04 bits per heavy atom. The second-order valence-corrected chi connectivity index (χ2v) is 5.22. The number of nitrogens with zero attached hydrogens (tertiary/aromatic N) is 3. The van der Waals surface area contributed by atoms with Crippen LogP contribution in [0.25, 0.3) is 5.52 Å². The van der Waals surface area contributed by atoms with Gasteiger partial charge in [-0.05, 0) is 30.3 Å². The fraction of sp³-hybridized carbons (Fsp3) is 0.0588. The van der Waals surface area contributed by atoms with Crippen LogP contribution in [0, 0.1) is 0 Å². The smallest absolute Gasteiger partial charge is 0.228 e. The molecule has 0 saturated carbocycles. The number of pyridine rings is 1. The maximum absolute atomic E-state index is 12.8. The minimum atomic E-state index is -0.493. The summed E-state index contributed by atoms with van der Waals surface area (Å²) in [5.74, 6) is 0.147. The quantitative estimate of drug-likeness (QED) is 0.593. The second-order valence-electron chi connectivity index (χ2n) is 5.22. The number of nitrogens with one attached hydrogen (secondary N) is 1. The van der Waals surface area contributed by atoms with Gasteiger partial charge in [0.2, 0.25) is 5.78 Å². The molecular formula is C17H12N4O2. The van der Waals surface area contributed by atoms with Gasteiger partial charge in [0.1, 0.15) is 12.3 Å². The van der Waals surface area contributed by atoms with Crippen LogP contribution >= 0.6 is 0 Å². The SMILES string of the molecule is O=CC1NC=Nc2ccc(C(=O)c3ncc4ccccn34)cc21. The average molecular weight is 304 g/mol. The van der Waals surface area contributed by atoms with Gasteiger partial charge in [0.05, 0.1) is 23.7 Å². The molecule has 0 aliphatic carbocycles. The number of carbonyl (C=O) groups excluding carboxylic acids is 2. The van der Waals surface area contributed by atoms with Crippen molar-refractivity contribution >= 4 is 29.6 Å². The highest BCUT2D eigenvalue weighted by atomic mass is 16.1. The van der Waals surface area contributed by atoms with Crippen LogP contribution in [-0.2, 0) is 4.79 Å². The van der Waals surface area contributed by atoms with E-state index in [9.17, 15) is 9.59 Å². The van der Waals surface area contributed by atoms with Gasteiger partial charge >= 0.3 is 0 Å². The maximum Gasteiger partial charge on any atom is 0.228 e. The van der Waals surface area contributed by atoms with Crippen LogP contribution < -0.4 is 5.32 Å². The Hall–Kier alpha value is -3.28. The van der Waals surface area contributed by atoms with Crippen molar-refractivity contribution in [2.24, 2.45) is 4.99 Å². The highest BCUT2D eigenvalue weighted by molar-refractivity contribution is 6.07. The third kappa shape index (κ3) is 2.12. The van der Waals surface area contributed by atoms with Crippen molar-refractivity contribution in [1.29, 1.82) is 0 Å². The zero-order chi connectivity index (χ0) is 15.8. The minimum Gasteiger partial charge on any atom is -0.363 e. The fourth-order valence-corrected chi connectivity index (χ4v) is 2.69. The third-order valence-electron chi connectivity index (χ3n) is 3.86. The predicted octanol–water partition coefficient (Wildman–Crippen LogP) is 2.07. The van der Waals surface area contributed by atoms with E-state index >= 15 is 0 Å². The molecule has 1 N–H and O–H groups in total. The molecule has 3 aromatic rings. The summed E-state index contributed by atoms with van der Waals surface area (Å²) < 4.78 is 1.75. The zero-order valence-corrected chi connectivity index (χ0v) is 12.0. The number of fused-ring (bicyclic) bond motifs is 2. The Kier molecular flexibility index (Phi) is 3.01. The van der Waals surface area contributed by atoms with E-state index in [1.807, 2.05) is 18.2 Å². The highest BCUT2D eigenvalue weighted by Gasteiger charge is 2.21. The van der Waals surface area contributed by atoms with Crippen LogP contribution in [0.15, 0.2) is 53.8 Å². The summed E-state index contributed by atoms with van der Waals surface area (Å²) in [6.07, 6.45) is 5.74. The average Bonchev–Trinajstić information content (AvgIpc) is 3.04. The number of rotatable bonds is 3. The second kappa shape index (κ2) is 5.17. The summed E-state index contributed by atoms with van der Waals surface area (Å²) in [6, 6.07) is 10.3. The molecule has 1 atom stereocenters. The van der Waals surface area contributed by atoms with E-state index in [2.05, 4.69) is 15.3 Å². The van der Waals surface area contributed by atoms with Crippen LogP contribution in [-0.4, -0.2) is 27.8 Å². The largest absolute Gasteiger partial charge is 0.363 e. The van der Waals surface area contributed by atoms with Gasteiger partial charge in [0.25, 0.3) is 0 Å². The number of imidazole rings is 1. The normalized spacial score (nSPS) is 15.9. The van der Waals surface area contributed by atoms with Gasteiger partial charge in [-0.1, -0.05) is 6.07 Å². The first-order chi connectivity index (χ1) is 11.3. The summed E-state index contributed by atoms with van der Waals surface area (Å²) >= 11 is 0. The molecule has 2 aromatic heterocycles. The number of aldehydes is 1. The Labute approximate surface area is 131 Å². The van der Waals surface area contributed by atoms with Crippen LogP contribution in [0.2, 0.25) is 0 Å². The lowest BCUT2D eigenvalue weighted by atomic mass is 9.99. The van der Waals surface area contributed by atoms with Crippen molar-refractivity contribution in [2.75, 3.05) is 0 Å². The molecule has 0 bridgehead atoms. The van der Waals surface area contributed by atoms with Crippen LogP contribution in [0.5, 0.6) is 0 Å². The standard InChI is InChI=1S/C17H12N4O2/c22-9-15-13-7-11(4-5-14(13)19-10-20-15)16(23)17-18-8-12-3-1-2-6-21(12)17/h1-10,15H,(H,19,20). The van der Waals surface area contributed by atoms with E-state index in [0.29, 0.717) is 22.6 Å². The Morgan fingerprint density at radius 1 is 1.26 bits per heavy atom. The first kappa shape index (κ1) is 13.4. The van der Waals surface area contributed by atoms with Gasteiger partial charge in [-0.25, -0.2) is 9.98 Å². The molecule has 1 aliphatic heterocycles. The van der Waals surface area contributed by atoms with Gasteiger partial charge in [0.15, 0.2) is 5.82 Å². The molecule has 1 unspecified atom stereocenters. The topological polar surface area (TPSA) is 75.8 Å². The first-order valence-corrected chi connectivity index (χ1v) is 7.12. The molecule has 0 spiro atoms. The summed E-state index contributed by atoms with van der Waals surface area (Å²) in [5, 5.41) is 2.86. The molecule has 0 radical (unpaired) electrons. The van der Waals surface area contributed by atoms with Gasteiger partial charge < -0.3 is 10.1 Å². The summed E-state index contributed by atoms with van der Waals surface area (Å²) in [4.78, 5) is 32.4. The molecule has 1 aliphatic rings. The van der Waals surface area contributed by atoms with Gasteiger partial charge in [-0.2, -0.15) is 0 Å². The Balaban J connectivity index is 1.80. The number of hydrogen-bond donors (Lipinski definition) is 1. The molecule has 6 heteroatoms. The highest BCUT2D eigenvalue weighted by Crippen LogP contribution is 2.28. The number of hydrogen-bond acceptors (Lipinski definition) is 5. The van der Waals surface area contributed by atoms with E-state index < -0.39 is 6.04 Å². The van der Waals surface area contributed by atoms with E-state index in [1.165, 1.54) is 6.34 Å². The van der Waals surface area contributed by atoms with Crippen molar-refractivity contribution in [3.8, 4) is 0 Å². The van der Waals surface area contributed by atoms with Gasteiger partial charge in [0, 0.05) is 17.3 Å². The summed E-state index contributed by atoms with van der Waals surface area (Å²) in [7, 11) is 0. The third-order valence-corrected chi connectivity index (χ3v) is 3.86. The van der Waals surface area contributed by atoms with E-state index in [1.54, 1.807) is 35.0 Å². The number of carbonyl (C=O) groups is 2. The molecular weight excluding hydrogens is 292 g/mol. The van der Waals surface area contributed by atoms with Crippen molar-refractivity contribution in [1.82, 2.24) is 14.7 Å². The first-order valence-electron chi connectivity index (χ1n) is 7.12. The van der Waals surface area contributed by atoms with Crippen LogP contribution in [0.1, 0.15) is 27.8 Å². The lowest BCUT2D eigenvalue weighted by molar-refractivity contribution is -0.109. The molecule has 112 valence electrons. The number of ketones is 1. The predicted molar refractivity (Wildman–Crippen MR) is 85.2 cm³/mol. The maximum atomic E-state index is 12.8. The van der Waals surface area contributed by atoms with E-state index in [-0.39, 0.29) is 5.78 Å². The fourth-order valence-electron chi connectivity index (χ4n) is 2.69. The van der Waals surface area contributed by atoms with E-state index in [4.69, 9.17) is 0 Å². The monoisotopic (exact) mass is 304 g/mol. The van der Waals surface area contributed by atoms with Crippen molar-refractivity contribution in [2.45, 2.75) is 6.04 Å². The molecule has 0 amide bonds. The number of aromatic nitrogens is 2. The van der Waals surface area contributed by atoms with Crippen molar-refractivity contribution in [3.05, 3.63) is 65.7 Å². The zero-order valence-electron chi connectivity index (χ0n) is 12.0. The molecule has 0 saturated heterocycles.